The van der Waals surface area contributed by atoms with Crippen molar-refractivity contribution in [3.05, 3.63) is 55.3 Å². The van der Waals surface area contributed by atoms with Crippen LogP contribution >= 0.6 is 50.9 Å². The summed E-state index contributed by atoms with van der Waals surface area (Å²) in [6.45, 7) is -0.268. The second kappa shape index (κ2) is 10.4. The van der Waals surface area contributed by atoms with E-state index in [-0.39, 0.29) is 12.5 Å². The minimum absolute atomic E-state index is 0.268. The molecule has 0 unspecified atom stereocenters. The lowest BCUT2D eigenvalue weighted by atomic mass is 10.2. The Labute approximate surface area is 200 Å². The molecule has 0 atom stereocenters. The van der Waals surface area contributed by atoms with E-state index in [2.05, 4.69) is 31.0 Å². The lowest BCUT2D eigenvalue weighted by molar-refractivity contribution is -0.142. The van der Waals surface area contributed by atoms with Crippen molar-refractivity contribution < 1.29 is 23.8 Å². The maximum Gasteiger partial charge on any atom is 0.343 e. The second-order valence-electron chi connectivity index (χ2n) is 5.95. The van der Waals surface area contributed by atoms with Crippen molar-refractivity contribution in [3.8, 4) is 11.5 Å². The molecular weight excluding hydrogens is 531 g/mol. The van der Waals surface area contributed by atoms with Gasteiger partial charge >= 0.3 is 5.97 Å². The molecule has 0 spiro atoms. The molecule has 1 aliphatic rings. The van der Waals surface area contributed by atoms with E-state index in [1.165, 1.54) is 14.2 Å². The van der Waals surface area contributed by atoms with Gasteiger partial charge in [0, 0.05) is 0 Å². The van der Waals surface area contributed by atoms with Gasteiger partial charge in [-0.1, -0.05) is 29.3 Å². The summed E-state index contributed by atoms with van der Waals surface area (Å²) >= 11 is 16.7. The van der Waals surface area contributed by atoms with Crippen molar-refractivity contribution in [2.75, 3.05) is 20.8 Å². The van der Waals surface area contributed by atoms with E-state index in [0.717, 1.165) is 11.8 Å². The van der Waals surface area contributed by atoms with Crippen LogP contribution in [0.25, 0.3) is 6.08 Å². The van der Waals surface area contributed by atoms with Crippen molar-refractivity contribution in [3.63, 3.8) is 0 Å². The normalized spacial score (nSPS) is 15.8. The summed E-state index contributed by atoms with van der Waals surface area (Å²) < 4.78 is 15.9. The Bertz CT molecular complexity index is 1110. The number of halogens is 3. The molecule has 0 aliphatic carbocycles. The number of amides is 1. The number of nitrogens with zero attached hydrogens (tertiary/aromatic N) is 1. The maximum atomic E-state index is 12.4. The number of thioether (sulfide) groups is 1. The minimum Gasteiger partial charge on any atom is -0.493 e. The van der Waals surface area contributed by atoms with Gasteiger partial charge < -0.3 is 19.5 Å². The van der Waals surface area contributed by atoms with E-state index in [4.69, 9.17) is 32.7 Å². The Balaban J connectivity index is 1.85. The number of hydrogen-bond donors (Lipinski definition) is 1. The monoisotopic (exact) mass is 544 g/mol. The number of nitrogens with one attached hydrogen (secondary N) is 1. The zero-order valence-electron chi connectivity index (χ0n) is 16.2. The van der Waals surface area contributed by atoms with Crippen molar-refractivity contribution in [1.82, 2.24) is 5.32 Å². The van der Waals surface area contributed by atoms with E-state index in [9.17, 15) is 9.59 Å². The second-order valence-corrected chi connectivity index (χ2v) is 8.62. The third-order valence-corrected chi connectivity index (χ3v) is 6.22. The van der Waals surface area contributed by atoms with Crippen LogP contribution in [0.1, 0.15) is 5.56 Å². The summed E-state index contributed by atoms with van der Waals surface area (Å²) in [5, 5.41) is 3.76. The number of ether oxygens (including phenoxy) is 3. The van der Waals surface area contributed by atoms with Gasteiger partial charge in [-0.2, -0.15) is 0 Å². The van der Waals surface area contributed by atoms with Gasteiger partial charge in [-0.3, -0.25) is 4.79 Å². The number of methoxy groups -OCH3 is 2. The molecule has 3 rings (SSSR count). The van der Waals surface area contributed by atoms with E-state index in [1.807, 2.05) is 0 Å². The highest BCUT2D eigenvalue weighted by molar-refractivity contribution is 9.10. The number of benzene rings is 2. The summed E-state index contributed by atoms with van der Waals surface area (Å²) in [6, 6.07) is 8.49. The highest BCUT2D eigenvalue weighted by atomic mass is 79.9. The third kappa shape index (κ3) is 5.74. The molecule has 0 radical (unpaired) electrons. The first-order chi connectivity index (χ1) is 14.8. The predicted molar refractivity (Wildman–Crippen MR) is 125 cm³/mol. The Kier molecular flexibility index (Phi) is 7.88. The molecule has 1 amide bonds. The summed E-state index contributed by atoms with van der Waals surface area (Å²) in [5.74, 6) is -0.0987. The Morgan fingerprint density at radius 3 is 2.77 bits per heavy atom. The van der Waals surface area contributed by atoms with Crippen molar-refractivity contribution in [1.29, 1.82) is 0 Å². The fourth-order valence-corrected chi connectivity index (χ4v) is 4.22. The lowest BCUT2D eigenvalue weighted by Gasteiger charge is -2.13. The standard InChI is InChI=1S/C20H15BrCl2N2O5S/c1-28-14-7-10(6-11(21)18(14)30-9-16(26)29-2)8-15-19(27)25-20(31-15)24-13-5-3-4-12(22)17(13)23/h3-8H,9H2,1-2H3,(H,24,25,27)/b15-8+. The molecule has 0 saturated carbocycles. The molecule has 162 valence electrons. The summed E-state index contributed by atoms with van der Waals surface area (Å²) in [6.07, 6.45) is 1.68. The Morgan fingerprint density at radius 1 is 1.29 bits per heavy atom. The first-order valence-corrected chi connectivity index (χ1v) is 11.0. The van der Waals surface area contributed by atoms with Gasteiger partial charge in [0.15, 0.2) is 23.3 Å². The molecule has 11 heteroatoms. The van der Waals surface area contributed by atoms with Gasteiger partial charge in [-0.05, 0) is 63.6 Å². The van der Waals surface area contributed by atoms with E-state index in [0.29, 0.717) is 47.3 Å². The van der Waals surface area contributed by atoms with Crippen LogP contribution in [0.3, 0.4) is 0 Å². The van der Waals surface area contributed by atoms with Gasteiger partial charge in [-0.25, -0.2) is 9.79 Å². The van der Waals surface area contributed by atoms with Gasteiger partial charge in [0.25, 0.3) is 5.91 Å². The van der Waals surface area contributed by atoms with E-state index in [1.54, 1.807) is 36.4 Å². The number of aliphatic imine (C=N–C) groups is 1. The van der Waals surface area contributed by atoms with Crippen LogP contribution in [0.5, 0.6) is 11.5 Å². The summed E-state index contributed by atoms with van der Waals surface area (Å²) in [7, 11) is 2.75. The molecule has 2 aromatic rings. The topological polar surface area (TPSA) is 86.2 Å². The van der Waals surface area contributed by atoms with Crippen LogP contribution in [-0.4, -0.2) is 37.9 Å². The van der Waals surface area contributed by atoms with Gasteiger partial charge in [-0.15, -0.1) is 0 Å². The largest absolute Gasteiger partial charge is 0.493 e. The maximum absolute atomic E-state index is 12.4. The fraction of sp³-hybridized carbons (Fsp3) is 0.150. The molecule has 1 heterocycles. The van der Waals surface area contributed by atoms with Crippen LogP contribution in [0.4, 0.5) is 5.69 Å². The Hall–Kier alpha value is -2.20. The zero-order valence-corrected chi connectivity index (χ0v) is 20.1. The molecule has 31 heavy (non-hydrogen) atoms. The van der Waals surface area contributed by atoms with Crippen molar-refractivity contribution in [2.45, 2.75) is 0 Å². The molecule has 0 aromatic heterocycles. The summed E-state index contributed by atoms with van der Waals surface area (Å²) in [5.41, 5.74) is 1.13. The number of carbonyl (C=O) groups excluding carboxylic acids is 2. The number of carbonyl (C=O) groups is 2. The summed E-state index contributed by atoms with van der Waals surface area (Å²) in [4.78, 5) is 28.5. The molecule has 7 nitrogen and oxygen atoms in total. The van der Waals surface area contributed by atoms with Crippen LogP contribution in [0.15, 0.2) is 44.7 Å². The Morgan fingerprint density at radius 2 is 2.06 bits per heavy atom. The molecule has 1 aliphatic heterocycles. The highest BCUT2D eigenvalue weighted by Gasteiger charge is 2.25. The quantitative estimate of drug-likeness (QED) is 0.396. The van der Waals surface area contributed by atoms with E-state index >= 15 is 0 Å². The van der Waals surface area contributed by atoms with E-state index < -0.39 is 5.97 Å². The van der Waals surface area contributed by atoms with Crippen molar-refractivity contribution >= 4 is 79.7 Å². The fourth-order valence-electron chi connectivity index (χ4n) is 2.47. The van der Waals surface area contributed by atoms with Gasteiger partial charge in [0.1, 0.15) is 0 Å². The highest BCUT2D eigenvalue weighted by Crippen LogP contribution is 2.39. The first-order valence-electron chi connectivity index (χ1n) is 8.63. The number of hydrogen-bond acceptors (Lipinski definition) is 7. The molecule has 1 saturated heterocycles. The van der Waals surface area contributed by atoms with Crippen molar-refractivity contribution in [2.24, 2.45) is 4.99 Å². The average Bonchev–Trinajstić information content (AvgIpc) is 3.08. The van der Waals surface area contributed by atoms with Crippen LogP contribution < -0.4 is 14.8 Å². The zero-order chi connectivity index (χ0) is 22.5. The SMILES string of the molecule is COC(=O)COc1c(Br)cc(/C=C2/SC(=Nc3cccc(Cl)c3Cl)NC2=O)cc1OC. The van der Waals surface area contributed by atoms with Crippen LogP contribution in [0.2, 0.25) is 10.0 Å². The predicted octanol–water partition coefficient (Wildman–Crippen LogP) is 5.21. The molecule has 1 fully saturated rings. The average molecular weight is 546 g/mol. The lowest BCUT2D eigenvalue weighted by Crippen LogP contribution is -2.19. The minimum atomic E-state index is -0.522. The van der Waals surface area contributed by atoms with Gasteiger partial charge in [0.05, 0.1) is 39.3 Å². The number of rotatable bonds is 6. The van der Waals surface area contributed by atoms with Crippen LogP contribution in [0, 0.1) is 0 Å². The van der Waals surface area contributed by atoms with Gasteiger partial charge in [0.2, 0.25) is 0 Å². The molecule has 2 aromatic carbocycles. The van der Waals surface area contributed by atoms with Crippen LogP contribution in [-0.2, 0) is 14.3 Å². The molecule has 0 bridgehead atoms. The number of esters is 1. The molecule has 1 N–H and O–H groups in total. The first kappa shape index (κ1) is 23.5. The smallest absolute Gasteiger partial charge is 0.343 e. The molecular formula is C20H15BrCl2N2O5S. The number of amidine groups is 1. The third-order valence-electron chi connectivity index (χ3n) is 3.92.